The zero-order valence-corrected chi connectivity index (χ0v) is 14.9. The molecule has 1 aliphatic heterocycles. The van der Waals surface area contributed by atoms with Gasteiger partial charge in [-0.05, 0) is 45.2 Å². The number of para-hydroxylation sites is 2. The van der Waals surface area contributed by atoms with Gasteiger partial charge >= 0.3 is 6.09 Å². The van der Waals surface area contributed by atoms with Crippen LogP contribution >= 0.6 is 0 Å². The molecule has 2 heterocycles. The average Bonchev–Trinajstić information content (AvgIpc) is 3.11. The molecule has 0 bridgehead atoms. The number of imidazole rings is 1. The summed E-state index contributed by atoms with van der Waals surface area (Å²) in [4.78, 5) is 24.1. The van der Waals surface area contributed by atoms with E-state index in [1.165, 1.54) is 0 Å². The molecule has 3 rings (SSSR count). The van der Waals surface area contributed by atoms with E-state index in [-0.39, 0.29) is 6.09 Å². The van der Waals surface area contributed by atoms with Crippen LogP contribution < -0.4 is 4.90 Å². The van der Waals surface area contributed by atoms with Crippen molar-refractivity contribution in [3.05, 3.63) is 24.3 Å². The van der Waals surface area contributed by atoms with Gasteiger partial charge in [0.2, 0.25) is 5.95 Å². The van der Waals surface area contributed by atoms with E-state index in [0.717, 1.165) is 36.5 Å². The number of hydrogen-bond acceptors (Lipinski definition) is 4. The third kappa shape index (κ3) is 3.80. The average molecular weight is 330 g/mol. The van der Waals surface area contributed by atoms with Crippen LogP contribution in [0, 0.1) is 5.92 Å². The molecule has 1 atom stereocenters. The van der Waals surface area contributed by atoms with Crippen molar-refractivity contribution in [1.82, 2.24) is 14.9 Å². The molecule has 1 aromatic carbocycles. The van der Waals surface area contributed by atoms with Crippen LogP contribution in [0.15, 0.2) is 24.3 Å². The van der Waals surface area contributed by atoms with Crippen LogP contribution in [0.5, 0.6) is 0 Å². The Balaban J connectivity index is 1.58. The Hall–Kier alpha value is -2.24. The SMILES string of the molecule is CN(CC1CCN(c2nc3ccccc3[nH]2)C1)C(=O)OC(C)(C)C. The minimum absolute atomic E-state index is 0.260. The number of aromatic amines is 1. The first-order valence-electron chi connectivity index (χ1n) is 8.45. The summed E-state index contributed by atoms with van der Waals surface area (Å²) in [6.07, 6.45) is 0.786. The van der Waals surface area contributed by atoms with Gasteiger partial charge in [-0.25, -0.2) is 9.78 Å². The van der Waals surface area contributed by atoms with Crippen LogP contribution in [0.2, 0.25) is 0 Å². The van der Waals surface area contributed by atoms with Gasteiger partial charge in [-0.15, -0.1) is 0 Å². The number of hydrogen-bond donors (Lipinski definition) is 1. The van der Waals surface area contributed by atoms with Crippen molar-refractivity contribution < 1.29 is 9.53 Å². The van der Waals surface area contributed by atoms with E-state index in [2.05, 4.69) is 14.9 Å². The highest BCUT2D eigenvalue weighted by Gasteiger charge is 2.28. The number of nitrogens with zero attached hydrogens (tertiary/aromatic N) is 3. The topological polar surface area (TPSA) is 61.5 Å². The maximum absolute atomic E-state index is 12.1. The zero-order chi connectivity index (χ0) is 17.3. The smallest absolute Gasteiger partial charge is 0.410 e. The molecule has 0 aliphatic carbocycles. The van der Waals surface area contributed by atoms with Crippen molar-refractivity contribution in [2.45, 2.75) is 32.8 Å². The summed E-state index contributed by atoms with van der Waals surface area (Å²) in [5.41, 5.74) is 1.59. The summed E-state index contributed by atoms with van der Waals surface area (Å²) < 4.78 is 5.42. The van der Waals surface area contributed by atoms with Gasteiger partial charge in [-0.3, -0.25) is 0 Å². The van der Waals surface area contributed by atoms with Gasteiger partial charge < -0.3 is 19.5 Å². The van der Waals surface area contributed by atoms with Crippen LogP contribution in [-0.2, 0) is 4.74 Å². The van der Waals surface area contributed by atoms with Gasteiger partial charge in [0.1, 0.15) is 5.60 Å². The van der Waals surface area contributed by atoms with E-state index in [0.29, 0.717) is 12.5 Å². The minimum atomic E-state index is -0.457. The van der Waals surface area contributed by atoms with E-state index < -0.39 is 5.60 Å². The van der Waals surface area contributed by atoms with Crippen molar-refractivity contribution in [3.8, 4) is 0 Å². The number of fused-ring (bicyclic) bond motifs is 1. The first-order chi connectivity index (χ1) is 11.3. The van der Waals surface area contributed by atoms with E-state index in [1.54, 1.807) is 11.9 Å². The molecular weight excluding hydrogens is 304 g/mol. The number of ether oxygens (including phenoxy) is 1. The summed E-state index contributed by atoms with van der Waals surface area (Å²) in [5, 5.41) is 0. The lowest BCUT2D eigenvalue weighted by Gasteiger charge is -2.26. The van der Waals surface area contributed by atoms with Crippen LogP contribution in [0.1, 0.15) is 27.2 Å². The predicted molar refractivity (Wildman–Crippen MR) is 95.3 cm³/mol. The van der Waals surface area contributed by atoms with Gasteiger partial charge in [0.25, 0.3) is 0 Å². The highest BCUT2D eigenvalue weighted by molar-refractivity contribution is 5.77. The fourth-order valence-electron chi connectivity index (χ4n) is 3.06. The van der Waals surface area contributed by atoms with Crippen LogP contribution in [0.3, 0.4) is 0 Å². The minimum Gasteiger partial charge on any atom is -0.444 e. The number of anilines is 1. The molecule has 6 nitrogen and oxygen atoms in total. The third-order valence-electron chi connectivity index (χ3n) is 4.20. The first kappa shape index (κ1) is 16.6. The molecule has 1 saturated heterocycles. The summed E-state index contributed by atoms with van der Waals surface area (Å²) >= 11 is 0. The highest BCUT2D eigenvalue weighted by Crippen LogP contribution is 2.24. The van der Waals surface area contributed by atoms with Gasteiger partial charge in [-0.1, -0.05) is 12.1 Å². The molecule has 1 N–H and O–H groups in total. The summed E-state index contributed by atoms with van der Waals surface area (Å²) in [6, 6.07) is 8.05. The Labute approximate surface area is 142 Å². The number of carbonyl (C=O) groups is 1. The summed E-state index contributed by atoms with van der Waals surface area (Å²) in [7, 11) is 1.80. The Kier molecular flexibility index (Phi) is 4.39. The molecular formula is C18H26N4O2. The molecule has 0 spiro atoms. The van der Waals surface area contributed by atoms with E-state index in [9.17, 15) is 4.79 Å². The molecule has 1 fully saturated rings. The summed E-state index contributed by atoms with van der Waals surface area (Å²) in [6.45, 7) is 8.21. The highest BCUT2D eigenvalue weighted by atomic mass is 16.6. The number of H-pyrrole nitrogens is 1. The number of benzene rings is 1. The van der Waals surface area contributed by atoms with Crippen molar-refractivity contribution in [3.63, 3.8) is 0 Å². The normalized spacial score (nSPS) is 18.2. The number of amides is 1. The zero-order valence-electron chi connectivity index (χ0n) is 14.9. The Bertz CT molecular complexity index is 686. The Morgan fingerprint density at radius 2 is 2.17 bits per heavy atom. The van der Waals surface area contributed by atoms with Crippen molar-refractivity contribution in [2.75, 3.05) is 31.6 Å². The molecule has 1 amide bonds. The molecule has 6 heteroatoms. The van der Waals surface area contributed by atoms with Gasteiger partial charge in [-0.2, -0.15) is 0 Å². The second-order valence-corrected chi connectivity index (χ2v) is 7.54. The number of rotatable bonds is 3. The maximum atomic E-state index is 12.1. The van der Waals surface area contributed by atoms with E-state index >= 15 is 0 Å². The largest absolute Gasteiger partial charge is 0.444 e. The van der Waals surface area contributed by atoms with Crippen LogP contribution in [0.25, 0.3) is 11.0 Å². The molecule has 1 aromatic heterocycles. The molecule has 130 valence electrons. The number of nitrogens with one attached hydrogen (secondary N) is 1. The van der Waals surface area contributed by atoms with E-state index in [1.807, 2.05) is 45.0 Å². The molecule has 0 saturated carbocycles. The lowest BCUT2D eigenvalue weighted by atomic mass is 10.1. The van der Waals surface area contributed by atoms with Gasteiger partial charge in [0, 0.05) is 26.7 Å². The maximum Gasteiger partial charge on any atom is 0.410 e. The molecule has 1 aliphatic rings. The van der Waals surface area contributed by atoms with Crippen molar-refractivity contribution >= 4 is 23.1 Å². The van der Waals surface area contributed by atoms with Crippen LogP contribution in [-0.4, -0.2) is 53.2 Å². The van der Waals surface area contributed by atoms with Gasteiger partial charge in [0.05, 0.1) is 11.0 Å². The predicted octanol–water partition coefficient (Wildman–Crippen LogP) is 3.26. The molecule has 1 unspecified atom stereocenters. The van der Waals surface area contributed by atoms with Gasteiger partial charge in [0.15, 0.2) is 0 Å². The van der Waals surface area contributed by atoms with Crippen LogP contribution in [0.4, 0.5) is 10.7 Å². The molecule has 24 heavy (non-hydrogen) atoms. The fourth-order valence-corrected chi connectivity index (χ4v) is 3.06. The Morgan fingerprint density at radius 1 is 1.42 bits per heavy atom. The second kappa shape index (κ2) is 6.34. The first-order valence-corrected chi connectivity index (χ1v) is 8.45. The van der Waals surface area contributed by atoms with Crippen molar-refractivity contribution in [2.24, 2.45) is 5.92 Å². The lowest BCUT2D eigenvalue weighted by Crippen LogP contribution is -2.37. The van der Waals surface area contributed by atoms with Crippen molar-refractivity contribution in [1.29, 1.82) is 0 Å². The monoisotopic (exact) mass is 330 g/mol. The third-order valence-corrected chi connectivity index (χ3v) is 4.20. The summed E-state index contributed by atoms with van der Waals surface area (Å²) in [5.74, 6) is 1.34. The number of carbonyl (C=O) groups excluding carboxylic acids is 1. The quantitative estimate of drug-likeness (QED) is 0.938. The molecule has 0 radical (unpaired) electrons. The standard InChI is InChI=1S/C18H26N4O2/c1-18(2,3)24-17(23)21(4)11-13-9-10-22(12-13)16-19-14-7-5-6-8-15(14)20-16/h5-8,13H,9-12H2,1-4H3,(H,19,20). The number of aromatic nitrogens is 2. The molecule has 2 aromatic rings. The second-order valence-electron chi connectivity index (χ2n) is 7.54. The fraction of sp³-hybridized carbons (Fsp3) is 0.556. The Morgan fingerprint density at radius 3 is 2.88 bits per heavy atom. The lowest BCUT2D eigenvalue weighted by molar-refractivity contribution is 0.0277. The van der Waals surface area contributed by atoms with E-state index in [4.69, 9.17) is 4.74 Å².